The molecule has 8 nitrogen and oxygen atoms in total. The Bertz CT molecular complexity index is 990. The molecule has 0 spiro atoms. The van der Waals surface area contributed by atoms with Gasteiger partial charge >= 0.3 is 0 Å². The molecular formula is C22H30N6O2. The second-order valence-electron chi connectivity index (χ2n) is 8.28. The van der Waals surface area contributed by atoms with Gasteiger partial charge < -0.3 is 26.2 Å². The monoisotopic (exact) mass is 410 g/mol. The van der Waals surface area contributed by atoms with Gasteiger partial charge in [-0.15, -0.1) is 0 Å². The van der Waals surface area contributed by atoms with E-state index in [1.165, 1.54) is 5.56 Å². The number of hydrogen-bond donors (Lipinski definition) is 5. The van der Waals surface area contributed by atoms with Gasteiger partial charge in [-0.2, -0.15) is 9.61 Å². The smallest absolute Gasteiger partial charge is 0.163 e. The Kier molecular flexibility index (Phi) is 5.90. The van der Waals surface area contributed by atoms with Crippen LogP contribution < -0.4 is 16.0 Å². The van der Waals surface area contributed by atoms with Crippen LogP contribution in [0.25, 0.3) is 5.65 Å². The van der Waals surface area contributed by atoms with Crippen molar-refractivity contribution in [3.05, 3.63) is 53.7 Å². The number of piperidine rings is 1. The first kappa shape index (κ1) is 20.6. The molecule has 0 radical (unpaired) electrons. The second-order valence-corrected chi connectivity index (χ2v) is 8.28. The fourth-order valence-electron chi connectivity index (χ4n) is 3.74. The summed E-state index contributed by atoms with van der Waals surface area (Å²) >= 11 is 0. The highest BCUT2D eigenvalue weighted by Crippen LogP contribution is 2.25. The molecule has 3 aromatic rings. The van der Waals surface area contributed by atoms with E-state index in [9.17, 15) is 10.2 Å². The molecule has 1 fully saturated rings. The van der Waals surface area contributed by atoms with Crippen molar-refractivity contribution in [3.8, 4) is 0 Å². The molecule has 1 aliphatic heterocycles. The lowest BCUT2D eigenvalue weighted by Gasteiger charge is -2.37. The standard InChI is InChI=1S/C22H30N6O2/c1-15(2)17-12-26-28-20(24-11-16-6-4-3-5-7-16)10-19(27-21(17)28)25-14-22(30)8-9-23-13-18(22)29/h3-7,10,12,15,18,23-24,29-30H,8-9,11,13-14H2,1-2H3,(H,25,27)/t18-,22-/m1/s1. The van der Waals surface area contributed by atoms with E-state index in [0.29, 0.717) is 31.9 Å². The van der Waals surface area contributed by atoms with Gasteiger partial charge in [0.2, 0.25) is 0 Å². The van der Waals surface area contributed by atoms with Gasteiger partial charge in [-0.1, -0.05) is 44.2 Å². The second kappa shape index (κ2) is 8.59. The maximum absolute atomic E-state index is 10.8. The van der Waals surface area contributed by atoms with E-state index >= 15 is 0 Å². The van der Waals surface area contributed by atoms with Crippen LogP contribution in [-0.4, -0.2) is 56.2 Å². The maximum Gasteiger partial charge on any atom is 0.163 e. The molecule has 8 heteroatoms. The zero-order chi connectivity index (χ0) is 21.1. The van der Waals surface area contributed by atoms with Crippen molar-refractivity contribution >= 4 is 17.3 Å². The van der Waals surface area contributed by atoms with Crippen LogP contribution in [-0.2, 0) is 6.54 Å². The number of nitrogens with one attached hydrogen (secondary N) is 3. The summed E-state index contributed by atoms with van der Waals surface area (Å²) in [4.78, 5) is 4.75. The number of anilines is 2. The van der Waals surface area contributed by atoms with Gasteiger partial charge in [0.05, 0.1) is 12.3 Å². The van der Waals surface area contributed by atoms with Crippen molar-refractivity contribution < 1.29 is 10.2 Å². The van der Waals surface area contributed by atoms with Gasteiger partial charge in [0, 0.05) is 31.3 Å². The highest BCUT2D eigenvalue weighted by molar-refractivity contribution is 5.61. The van der Waals surface area contributed by atoms with Gasteiger partial charge in [0.1, 0.15) is 17.2 Å². The zero-order valence-electron chi connectivity index (χ0n) is 17.5. The molecule has 0 bridgehead atoms. The Hall–Kier alpha value is -2.68. The Morgan fingerprint density at radius 2 is 2.07 bits per heavy atom. The van der Waals surface area contributed by atoms with E-state index in [4.69, 9.17) is 4.98 Å². The van der Waals surface area contributed by atoms with Gasteiger partial charge in [-0.05, 0) is 24.4 Å². The minimum Gasteiger partial charge on any atom is -0.389 e. The van der Waals surface area contributed by atoms with E-state index in [0.717, 1.165) is 17.0 Å². The molecule has 1 aromatic carbocycles. The lowest BCUT2D eigenvalue weighted by Crippen LogP contribution is -2.57. The highest BCUT2D eigenvalue weighted by Gasteiger charge is 2.37. The molecular weight excluding hydrogens is 380 g/mol. The molecule has 0 aliphatic carbocycles. The third-order valence-electron chi connectivity index (χ3n) is 5.71. The topological polar surface area (TPSA) is 107 Å². The average Bonchev–Trinajstić information content (AvgIpc) is 3.18. The van der Waals surface area contributed by atoms with E-state index in [1.54, 1.807) is 0 Å². The summed E-state index contributed by atoms with van der Waals surface area (Å²) in [6.45, 7) is 6.17. The molecule has 1 aliphatic rings. The molecule has 0 unspecified atom stereocenters. The summed E-state index contributed by atoms with van der Waals surface area (Å²) in [7, 11) is 0. The number of aliphatic hydroxyl groups excluding tert-OH is 1. The van der Waals surface area contributed by atoms with E-state index in [2.05, 4.69) is 47.0 Å². The SMILES string of the molecule is CC(C)c1cnn2c(NCc3ccccc3)cc(NC[C@]3(O)CCNC[C@H]3O)nc12. The average molecular weight is 411 g/mol. The summed E-state index contributed by atoms with van der Waals surface area (Å²) in [5.41, 5.74) is 1.82. The summed E-state index contributed by atoms with van der Waals surface area (Å²) in [6, 6.07) is 12.1. The number of β-amino-alcohol motifs (C(OH)–C–C–N with tert-alkyl or cyclic N) is 1. The number of benzene rings is 1. The molecule has 30 heavy (non-hydrogen) atoms. The zero-order valence-corrected chi connectivity index (χ0v) is 17.5. The van der Waals surface area contributed by atoms with E-state index in [1.807, 2.05) is 35.0 Å². The molecule has 2 atom stereocenters. The van der Waals surface area contributed by atoms with Crippen molar-refractivity contribution in [2.24, 2.45) is 0 Å². The maximum atomic E-state index is 10.8. The van der Waals surface area contributed by atoms with Crippen LogP contribution in [0.2, 0.25) is 0 Å². The van der Waals surface area contributed by atoms with E-state index in [-0.39, 0.29) is 12.5 Å². The summed E-state index contributed by atoms with van der Waals surface area (Å²) < 4.78 is 1.82. The molecule has 3 heterocycles. The predicted molar refractivity (Wildman–Crippen MR) is 118 cm³/mol. The lowest BCUT2D eigenvalue weighted by molar-refractivity contribution is -0.0820. The molecule has 0 amide bonds. The first-order chi connectivity index (χ1) is 14.5. The van der Waals surface area contributed by atoms with Gasteiger partial charge in [0.25, 0.3) is 0 Å². The predicted octanol–water partition coefficient (Wildman–Crippen LogP) is 1.96. The van der Waals surface area contributed by atoms with Crippen molar-refractivity contribution in [1.82, 2.24) is 19.9 Å². The third kappa shape index (κ3) is 4.26. The molecule has 0 saturated carbocycles. The summed E-state index contributed by atoms with van der Waals surface area (Å²) in [6.07, 6.45) is 1.51. The van der Waals surface area contributed by atoms with Gasteiger partial charge in [0.15, 0.2) is 5.65 Å². The molecule has 1 saturated heterocycles. The fraction of sp³-hybridized carbons (Fsp3) is 0.455. The van der Waals surface area contributed by atoms with Crippen molar-refractivity contribution in [1.29, 1.82) is 0 Å². The molecule has 5 N–H and O–H groups in total. The fourth-order valence-corrected chi connectivity index (χ4v) is 3.74. The van der Waals surface area contributed by atoms with Crippen LogP contribution in [0.5, 0.6) is 0 Å². The first-order valence-electron chi connectivity index (χ1n) is 10.5. The Morgan fingerprint density at radius 1 is 1.27 bits per heavy atom. The minimum absolute atomic E-state index is 0.224. The number of nitrogens with zero attached hydrogens (tertiary/aromatic N) is 3. The van der Waals surface area contributed by atoms with Crippen LogP contribution in [0.3, 0.4) is 0 Å². The number of aromatic nitrogens is 3. The third-order valence-corrected chi connectivity index (χ3v) is 5.71. The van der Waals surface area contributed by atoms with Crippen molar-refractivity contribution in [2.75, 3.05) is 30.3 Å². The van der Waals surface area contributed by atoms with Gasteiger partial charge in [-0.25, -0.2) is 4.98 Å². The van der Waals surface area contributed by atoms with Crippen LogP contribution in [0.1, 0.15) is 37.3 Å². The van der Waals surface area contributed by atoms with Crippen LogP contribution in [0.15, 0.2) is 42.6 Å². The molecule has 2 aromatic heterocycles. The number of aliphatic hydroxyl groups is 2. The summed E-state index contributed by atoms with van der Waals surface area (Å²) in [5.74, 6) is 1.73. The number of fused-ring (bicyclic) bond motifs is 1. The number of rotatable bonds is 7. The quantitative estimate of drug-likeness (QED) is 0.405. The number of hydrogen-bond acceptors (Lipinski definition) is 7. The highest BCUT2D eigenvalue weighted by atomic mass is 16.3. The van der Waals surface area contributed by atoms with E-state index < -0.39 is 11.7 Å². The minimum atomic E-state index is -1.18. The van der Waals surface area contributed by atoms with Crippen molar-refractivity contribution in [2.45, 2.75) is 44.4 Å². The van der Waals surface area contributed by atoms with Crippen molar-refractivity contribution in [3.63, 3.8) is 0 Å². The Morgan fingerprint density at radius 3 is 2.80 bits per heavy atom. The van der Waals surface area contributed by atoms with Gasteiger partial charge in [-0.3, -0.25) is 0 Å². The first-order valence-corrected chi connectivity index (χ1v) is 10.5. The van der Waals surface area contributed by atoms with Crippen LogP contribution in [0.4, 0.5) is 11.6 Å². The largest absolute Gasteiger partial charge is 0.389 e. The molecule has 4 rings (SSSR count). The Labute approximate surface area is 176 Å². The van der Waals surface area contributed by atoms with Crippen LogP contribution in [0, 0.1) is 0 Å². The van der Waals surface area contributed by atoms with Crippen LogP contribution >= 0.6 is 0 Å². The Balaban J connectivity index is 1.61. The lowest BCUT2D eigenvalue weighted by atomic mass is 9.89. The summed E-state index contributed by atoms with van der Waals surface area (Å²) in [5, 5.41) is 35.4. The molecule has 160 valence electrons. The normalized spacial score (nSPS) is 21.8.